The van der Waals surface area contributed by atoms with E-state index < -0.39 is 0 Å². The molecule has 5 nitrogen and oxygen atoms in total. The summed E-state index contributed by atoms with van der Waals surface area (Å²) in [5.41, 5.74) is 0.654. The number of carbonyl (C=O) groups excluding carboxylic acids is 1. The summed E-state index contributed by atoms with van der Waals surface area (Å²) in [5, 5.41) is 0. The van der Waals surface area contributed by atoms with Crippen LogP contribution in [0.1, 0.15) is 10.4 Å². The molecule has 0 spiro atoms. The standard InChI is InChI=1S/C16H26N2O3.BrH/c1-17(2)10-13(11-18(3)4)16(19)12-7-8-14(20-5)15(9-12)21-6;/h7-9,13H,10-11H2,1-6H3;1H. The molecule has 22 heavy (non-hydrogen) atoms. The molecule has 1 aromatic rings. The van der Waals surface area contributed by atoms with Crippen molar-refractivity contribution in [2.75, 3.05) is 55.5 Å². The van der Waals surface area contributed by atoms with E-state index in [1.807, 2.05) is 38.0 Å². The van der Waals surface area contributed by atoms with Gasteiger partial charge >= 0.3 is 0 Å². The van der Waals surface area contributed by atoms with Crippen LogP contribution in [0, 0.1) is 5.92 Å². The number of rotatable bonds is 8. The molecule has 0 heterocycles. The van der Waals surface area contributed by atoms with Gasteiger partial charge in [0.25, 0.3) is 0 Å². The van der Waals surface area contributed by atoms with Gasteiger partial charge in [-0.25, -0.2) is 0 Å². The van der Waals surface area contributed by atoms with Crippen molar-refractivity contribution in [3.63, 3.8) is 0 Å². The Labute approximate surface area is 144 Å². The molecule has 0 radical (unpaired) electrons. The summed E-state index contributed by atoms with van der Waals surface area (Å²) < 4.78 is 10.5. The van der Waals surface area contributed by atoms with E-state index in [1.54, 1.807) is 32.4 Å². The number of Topliss-reactive ketones (excluding diaryl/α,β-unsaturated/α-hetero) is 1. The summed E-state index contributed by atoms with van der Waals surface area (Å²) in [7, 11) is 11.1. The number of ketones is 1. The molecule has 0 fully saturated rings. The number of carbonyl (C=O) groups is 1. The van der Waals surface area contributed by atoms with Crippen LogP contribution >= 0.6 is 17.0 Å². The highest BCUT2D eigenvalue weighted by atomic mass is 79.9. The van der Waals surface area contributed by atoms with Gasteiger partial charge in [-0.1, -0.05) is 0 Å². The number of nitrogens with zero attached hydrogens (tertiary/aromatic N) is 2. The van der Waals surface area contributed by atoms with Crippen molar-refractivity contribution >= 4 is 22.8 Å². The smallest absolute Gasteiger partial charge is 0.168 e. The Morgan fingerprint density at radius 3 is 1.91 bits per heavy atom. The lowest BCUT2D eigenvalue weighted by Crippen LogP contribution is -2.35. The number of methoxy groups -OCH3 is 2. The molecule has 0 aliphatic carbocycles. The van der Waals surface area contributed by atoms with Crippen molar-refractivity contribution in [1.29, 1.82) is 0 Å². The van der Waals surface area contributed by atoms with Gasteiger partial charge in [0.2, 0.25) is 0 Å². The molecule has 0 N–H and O–H groups in total. The van der Waals surface area contributed by atoms with Crippen molar-refractivity contribution in [3.05, 3.63) is 23.8 Å². The number of hydrogen-bond donors (Lipinski definition) is 0. The molecular formula is C16H27BrN2O3. The fourth-order valence-electron chi connectivity index (χ4n) is 2.33. The predicted molar refractivity (Wildman–Crippen MR) is 94.8 cm³/mol. The summed E-state index contributed by atoms with van der Waals surface area (Å²) in [5.74, 6) is 1.26. The minimum Gasteiger partial charge on any atom is -0.493 e. The molecule has 1 aromatic carbocycles. The fraction of sp³-hybridized carbons (Fsp3) is 0.562. The molecule has 0 aromatic heterocycles. The third-order valence-electron chi connectivity index (χ3n) is 3.21. The predicted octanol–water partition coefficient (Wildman–Crippen LogP) is 2.20. The van der Waals surface area contributed by atoms with E-state index in [-0.39, 0.29) is 28.7 Å². The second-order valence-corrected chi connectivity index (χ2v) is 5.66. The zero-order valence-electron chi connectivity index (χ0n) is 14.3. The number of ether oxygens (including phenoxy) is 2. The maximum absolute atomic E-state index is 12.7. The number of halogens is 1. The average molecular weight is 375 g/mol. The molecule has 0 unspecified atom stereocenters. The molecule has 0 atom stereocenters. The third-order valence-corrected chi connectivity index (χ3v) is 3.21. The molecular weight excluding hydrogens is 348 g/mol. The molecule has 0 saturated heterocycles. The lowest BCUT2D eigenvalue weighted by Gasteiger charge is -2.23. The Hall–Kier alpha value is -1.11. The molecule has 0 bridgehead atoms. The van der Waals surface area contributed by atoms with Crippen LogP contribution in [0.4, 0.5) is 0 Å². The Morgan fingerprint density at radius 1 is 1.00 bits per heavy atom. The van der Waals surface area contributed by atoms with Gasteiger partial charge in [0.1, 0.15) is 0 Å². The average Bonchev–Trinajstić information content (AvgIpc) is 2.44. The Kier molecular flexibility index (Phi) is 9.32. The molecule has 0 amide bonds. The van der Waals surface area contributed by atoms with Gasteiger partial charge in [0.15, 0.2) is 17.3 Å². The monoisotopic (exact) mass is 374 g/mol. The van der Waals surface area contributed by atoms with E-state index >= 15 is 0 Å². The Bertz CT molecular complexity index is 468. The second kappa shape index (κ2) is 9.82. The van der Waals surface area contributed by atoms with E-state index in [0.29, 0.717) is 30.2 Å². The summed E-state index contributed by atoms with van der Waals surface area (Å²) in [6.45, 7) is 1.43. The maximum Gasteiger partial charge on any atom is 0.168 e. The zero-order chi connectivity index (χ0) is 16.0. The van der Waals surface area contributed by atoms with Gasteiger partial charge < -0.3 is 19.3 Å². The topological polar surface area (TPSA) is 42.0 Å². The van der Waals surface area contributed by atoms with Crippen LogP contribution in [-0.4, -0.2) is 71.1 Å². The highest BCUT2D eigenvalue weighted by Gasteiger charge is 2.22. The van der Waals surface area contributed by atoms with Crippen LogP contribution in [0.5, 0.6) is 11.5 Å². The summed E-state index contributed by atoms with van der Waals surface area (Å²) in [6.07, 6.45) is 0. The first-order valence-corrected chi connectivity index (χ1v) is 6.94. The lowest BCUT2D eigenvalue weighted by atomic mass is 9.96. The first-order valence-electron chi connectivity index (χ1n) is 6.94. The minimum atomic E-state index is -0.0758. The molecule has 126 valence electrons. The van der Waals surface area contributed by atoms with E-state index in [0.717, 1.165) is 0 Å². The van der Waals surface area contributed by atoms with Crippen molar-refractivity contribution < 1.29 is 14.3 Å². The SMILES string of the molecule is Br.COc1ccc(C(=O)C(CN(C)C)CN(C)C)cc1OC. The van der Waals surface area contributed by atoms with E-state index in [2.05, 4.69) is 0 Å². The van der Waals surface area contributed by atoms with E-state index in [1.165, 1.54) is 0 Å². The quantitative estimate of drug-likeness (QED) is 0.652. The largest absolute Gasteiger partial charge is 0.493 e. The minimum absolute atomic E-state index is 0. The van der Waals surface area contributed by atoms with Gasteiger partial charge in [0, 0.05) is 24.6 Å². The third kappa shape index (κ3) is 5.94. The van der Waals surface area contributed by atoms with Crippen LogP contribution in [0.15, 0.2) is 18.2 Å². The fourth-order valence-corrected chi connectivity index (χ4v) is 2.33. The van der Waals surface area contributed by atoms with Crippen molar-refractivity contribution in [2.24, 2.45) is 5.92 Å². The Balaban J connectivity index is 0.00000441. The molecule has 1 rings (SSSR count). The molecule has 0 aliphatic heterocycles. The highest BCUT2D eigenvalue weighted by Crippen LogP contribution is 2.28. The van der Waals surface area contributed by atoms with E-state index in [9.17, 15) is 4.79 Å². The normalized spacial score (nSPS) is 10.8. The van der Waals surface area contributed by atoms with Crippen LogP contribution in [0.25, 0.3) is 0 Å². The van der Waals surface area contributed by atoms with Crippen LogP contribution in [-0.2, 0) is 0 Å². The van der Waals surface area contributed by atoms with Gasteiger partial charge in [-0.05, 0) is 46.4 Å². The van der Waals surface area contributed by atoms with Crippen LogP contribution < -0.4 is 9.47 Å². The Morgan fingerprint density at radius 2 is 1.50 bits per heavy atom. The highest BCUT2D eigenvalue weighted by molar-refractivity contribution is 8.93. The van der Waals surface area contributed by atoms with Crippen LogP contribution in [0.3, 0.4) is 0 Å². The molecule has 6 heteroatoms. The van der Waals surface area contributed by atoms with Crippen molar-refractivity contribution in [1.82, 2.24) is 9.80 Å². The summed E-state index contributed by atoms with van der Waals surface area (Å²) in [4.78, 5) is 16.8. The van der Waals surface area contributed by atoms with Gasteiger partial charge in [-0.15, -0.1) is 17.0 Å². The lowest BCUT2D eigenvalue weighted by molar-refractivity contribution is 0.0870. The second-order valence-electron chi connectivity index (χ2n) is 5.66. The first-order chi connectivity index (χ1) is 9.88. The number of benzene rings is 1. The van der Waals surface area contributed by atoms with Gasteiger partial charge in [-0.3, -0.25) is 4.79 Å². The first kappa shape index (κ1) is 20.9. The molecule has 0 aliphatic rings. The zero-order valence-corrected chi connectivity index (χ0v) is 16.0. The summed E-state index contributed by atoms with van der Waals surface area (Å²) in [6, 6.07) is 5.32. The van der Waals surface area contributed by atoms with Gasteiger partial charge in [-0.2, -0.15) is 0 Å². The van der Waals surface area contributed by atoms with Crippen molar-refractivity contribution in [3.8, 4) is 11.5 Å². The molecule has 0 saturated carbocycles. The maximum atomic E-state index is 12.7. The van der Waals surface area contributed by atoms with E-state index in [4.69, 9.17) is 9.47 Å². The van der Waals surface area contributed by atoms with Gasteiger partial charge in [0.05, 0.1) is 14.2 Å². The van der Waals surface area contributed by atoms with Crippen molar-refractivity contribution in [2.45, 2.75) is 0 Å². The summed E-state index contributed by atoms with van der Waals surface area (Å²) >= 11 is 0. The number of hydrogen-bond acceptors (Lipinski definition) is 5. The van der Waals surface area contributed by atoms with Crippen LogP contribution in [0.2, 0.25) is 0 Å².